The van der Waals surface area contributed by atoms with Gasteiger partial charge < -0.3 is 9.64 Å². The molecular weight excluding hydrogens is 358 g/mol. The van der Waals surface area contributed by atoms with Crippen LogP contribution in [0.2, 0.25) is 0 Å². The first-order chi connectivity index (χ1) is 11.7. The molecule has 1 heterocycles. The summed E-state index contributed by atoms with van der Waals surface area (Å²) in [7, 11) is -3.28. The Labute approximate surface area is 144 Å². The highest BCUT2D eigenvalue weighted by molar-refractivity contribution is 7.92. The Morgan fingerprint density at radius 2 is 2.00 bits per heavy atom. The van der Waals surface area contributed by atoms with E-state index in [2.05, 4.69) is 4.74 Å². The molecule has 0 amide bonds. The van der Waals surface area contributed by atoms with Gasteiger partial charge in [0, 0.05) is 30.9 Å². The minimum absolute atomic E-state index is 0.0588. The van der Waals surface area contributed by atoms with Crippen molar-refractivity contribution in [2.24, 2.45) is 0 Å². The van der Waals surface area contributed by atoms with Crippen LogP contribution in [0.15, 0.2) is 18.2 Å². The fourth-order valence-corrected chi connectivity index (χ4v) is 5.27. The van der Waals surface area contributed by atoms with E-state index in [0.29, 0.717) is 18.5 Å². The highest BCUT2D eigenvalue weighted by atomic mass is 32.2. The first kappa shape index (κ1) is 19.4. The van der Waals surface area contributed by atoms with Crippen molar-refractivity contribution in [3.05, 3.63) is 28.3 Å². The molecule has 0 N–H and O–H groups in total. The fourth-order valence-electron chi connectivity index (χ4n) is 3.15. The van der Waals surface area contributed by atoms with E-state index in [-0.39, 0.29) is 18.8 Å². The first-order valence-electron chi connectivity index (χ1n) is 7.86. The second kappa shape index (κ2) is 7.11. The summed E-state index contributed by atoms with van der Waals surface area (Å²) in [6, 6.07) is 3.68. The van der Waals surface area contributed by atoms with Crippen molar-refractivity contribution in [3.8, 4) is 5.75 Å². The maximum absolute atomic E-state index is 12.5. The van der Waals surface area contributed by atoms with Crippen molar-refractivity contribution in [1.29, 1.82) is 0 Å². The second-order valence-corrected chi connectivity index (χ2v) is 8.42. The van der Waals surface area contributed by atoms with Gasteiger partial charge in [-0.15, -0.1) is 0 Å². The normalized spacial score (nSPS) is 19.0. The maximum atomic E-state index is 12.5. The number of nitro groups is 1. The van der Waals surface area contributed by atoms with E-state index in [9.17, 15) is 27.3 Å². The van der Waals surface area contributed by atoms with Crippen molar-refractivity contribution in [2.45, 2.75) is 38.0 Å². The van der Waals surface area contributed by atoms with Crippen LogP contribution < -0.4 is 9.64 Å². The van der Waals surface area contributed by atoms with Gasteiger partial charge in [-0.3, -0.25) is 10.1 Å². The van der Waals surface area contributed by atoms with Crippen LogP contribution in [-0.4, -0.2) is 43.5 Å². The lowest BCUT2D eigenvalue weighted by atomic mass is 10.0. The molecule has 2 rings (SSSR count). The van der Waals surface area contributed by atoms with Gasteiger partial charge in [-0.2, -0.15) is 8.78 Å². The minimum atomic E-state index is -3.28. The molecular formula is C15H20F2N2O5S. The molecule has 0 aromatic heterocycles. The molecule has 0 saturated carbocycles. The van der Waals surface area contributed by atoms with Gasteiger partial charge in [0.25, 0.3) is 0 Å². The maximum Gasteiger partial charge on any atom is 0.387 e. The summed E-state index contributed by atoms with van der Waals surface area (Å²) in [6.07, 6.45) is 0.853. The molecule has 25 heavy (non-hydrogen) atoms. The van der Waals surface area contributed by atoms with Gasteiger partial charge in [-0.05, 0) is 18.9 Å². The number of ether oxygens (including phenoxy) is 1. The number of rotatable bonds is 6. The van der Waals surface area contributed by atoms with Gasteiger partial charge in [0.1, 0.15) is 0 Å². The average molecular weight is 378 g/mol. The lowest BCUT2D eigenvalue weighted by molar-refractivity contribution is -0.386. The summed E-state index contributed by atoms with van der Waals surface area (Å²) >= 11 is 0. The summed E-state index contributed by atoms with van der Waals surface area (Å²) < 4.78 is 53.3. The SMILES string of the molecule is CCC1(CC)CN(c2ccc([N+](=O)[O-])c(OC(F)F)c2)CCS1(=O)=O. The number of halogens is 2. The van der Waals surface area contributed by atoms with E-state index in [4.69, 9.17) is 0 Å². The molecule has 1 aromatic carbocycles. The third kappa shape index (κ3) is 3.68. The van der Waals surface area contributed by atoms with E-state index in [1.54, 1.807) is 18.7 Å². The molecule has 1 aliphatic rings. The molecule has 0 bridgehead atoms. The number of alkyl halides is 2. The van der Waals surface area contributed by atoms with Crippen LogP contribution in [0.3, 0.4) is 0 Å². The lowest BCUT2D eigenvalue weighted by Gasteiger charge is -2.42. The third-order valence-electron chi connectivity index (χ3n) is 4.78. The summed E-state index contributed by atoms with van der Waals surface area (Å²) in [6.45, 7) is 0.794. The highest BCUT2D eigenvalue weighted by Crippen LogP contribution is 2.37. The molecule has 0 unspecified atom stereocenters. The fraction of sp³-hybridized carbons (Fsp3) is 0.600. The standard InChI is InChI=1S/C15H20F2N2O5S/c1-3-15(4-2)10-18(7-8-25(15,22)23)11-5-6-12(19(20)21)13(9-11)24-14(16)17/h5-6,9,14H,3-4,7-8,10H2,1-2H3. The summed E-state index contributed by atoms with van der Waals surface area (Å²) in [5, 5.41) is 11.0. The molecule has 1 aromatic rings. The quantitative estimate of drug-likeness (QED) is 0.558. The van der Waals surface area contributed by atoms with Gasteiger partial charge in [-0.1, -0.05) is 13.8 Å². The number of nitrogens with zero attached hydrogens (tertiary/aromatic N) is 2. The number of sulfone groups is 1. The Hall–Kier alpha value is -1.97. The van der Waals surface area contributed by atoms with Crippen LogP contribution in [-0.2, 0) is 9.84 Å². The molecule has 1 aliphatic heterocycles. The van der Waals surface area contributed by atoms with Crippen molar-refractivity contribution in [3.63, 3.8) is 0 Å². The third-order valence-corrected chi connectivity index (χ3v) is 7.52. The summed E-state index contributed by atoms with van der Waals surface area (Å²) in [4.78, 5) is 11.9. The topological polar surface area (TPSA) is 89.8 Å². The van der Waals surface area contributed by atoms with Crippen molar-refractivity contribution < 1.29 is 26.9 Å². The molecule has 7 nitrogen and oxygen atoms in total. The van der Waals surface area contributed by atoms with Crippen molar-refractivity contribution >= 4 is 21.2 Å². The predicted octanol–water partition coefficient (Wildman–Crippen LogP) is 2.99. The van der Waals surface area contributed by atoms with Crippen LogP contribution in [0.1, 0.15) is 26.7 Å². The monoisotopic (exact) mass is 378 g/mol. The van der Waals surface area contributed by atoms with Crippen LogP contribution in [0.5, 0.6) is 5.75 Å². The van der Waals surface area contributed by atoms with Gasteiger partial charge in [0.05, 0.1) is 15.4 Å². The second-order valence-electron chi connectivity index (χ2n) is 5.92. The van der Waals surface area contributed by atoms with Crippen molar-refractivity contribution in [1.82, 2.24) is 0 Å². The number of anilines is 1. The Bertz CT molecular complexity index is 750. The molecule has 0 atom stereocenters. The van der Waals surface area contributed by atoms with E-state index in [0.717, 1.165) is 12.1 Å². The van der Waals surface area contributed by atoms with Crippen LogP contribution >= 0.6 is 0 Å². The number of benzene rings is 1. The number of hydrogen-bond donors (Lipinski definition) is 0. The summed E-state index contributed by atoms with van der Waals surface area (Å²) in [5.41, 5.74) is -0.145. The molecule has 10 heteroatoms. The molecule has 1 saturated heterocycles. The van der Waals surface area contributed by atoms with Crippen LogP contribution in [0.25, 0.3) is 0 Å². The highest BCUT2D eigenvalue weighted by Gasteiger charge is 2.45. The van der Waals surface area contributed by atoms with Crippen LogP contribution in [0.4, 0.5) is 20.2 Å². The summed E-state index contributed by atoms with van der Waals surface area (Å²) in [5.74, 6) is -0.596. The van der Waals surface area contributed by atoms with Gasteiger partial charge in [-0.25, -0.2) is 8.42 Å². The van der Waals surface area contributed by atoms with Gasteiger partial charge in [0.15, 0.2) is 9.84 Å². The van der Waals surface area contributed by atoms with E-state index < -0.39 is 37.6 Å². The zero-order chi connectivity index (χ0) is 18.8. The van der Waals surface area contributed by atoms with Gasteiger partial charge in [0.2, 0.25) is 5.75 Å². The van der Waals surface area contributed by atoms with E-state index >= 15 is 0 Å². The Balaban J connectivity index is 2.40. The van der Waals surface area contributed by atoms with Crippen molar-refractivity contribution in [2.75, 3.05) is 23.7 Å². The largest absolute Gasteiger partial charge is 0.427 e. The zero-order valence-electron chi connectivity index (χ0n) is 13.9. The number of nitro benzene ring substituents is 1. The minimum Gasteiger partial charge on any atom is -0.427 e. The van der Waals surface area contributed by atoms with Crippen LogP contribution in [0, 0.1) is 10.1 Å². The molecule has 140 valence electrons. The molecule has 0 aliphatic carbocycles. The molecule has 0 spiro atoms. The molecule has 1 fully saturated rings. The van der Waals surface area contributed by atoms with E-state index in [1.807, 2.05) is 0 Å². The Morgan fingerprint density at radius 3 is 2.52 bits per heavy atom. The van der Waals surface area contributed by atoms with Gasteiger partial charge >= 0.3 is 12.3 Å². The predicted molar refractivity (Wildman–Crippen MR) is 89.0 cm³/mol. The Kier molecular flexibility index (Phi) is 5.50. The lowest BCUT2D eigenvalue weighted by Crippen LogP contribution is -2.55. The number of hydrogen-bond acceptors (Lipinski definition) is 6. The first-order valence-corrected chi connectivity index (χ1v) is 9.51. The average Bonchev–Trinajstić information content (AvgIpc) is 2.54. The zero-order valence-corrected chi connectivity index (χ0v) is 14.8. The van der Waals surface area contributed by atoms with E-state index in [1.165, 1.54) is 6.07 Å². The smallest absolute Gasteiger partial charge is 0.387 e. The Morgan fingerprint density at radius 1 is 1.36 bits per heavy atom. The molecule has 0 radical (unpaired) electrons.